The fraction of sp³-hybridized carbons (Fsp3) is 0.630. The highest BCUT2D eigenvalue weighted by atomic mass is 19.1. The van der Waals surface area contributed by atoms with Gasteiger partial charge in [-0.1, -0.05) is 34.6 Å². The van der Waals surface area contributed by atoms with E-state index >= 15 is 0 Å². The molecule has 1 unspecified atom stereocenters. The Kier molecular flexibility index (Phi) is 19.0. The summed E-state index contributed by atoms with van der Waals surface area (Å²) in [6.07, 6.45) is 6.97. The highest BCUT2D eigenvalue weighted by molar-refractivity contribution is 5.51. The number of rotatable bonds is 9. The molecule has 0 spiro atoms. The van der Waals surface area contributed by atoms with Crippen LogP contribution in [0.1, 0.15) is 78.7 Å². The first-order chi connectivity index (χ1) is 16.0. The van der Waals surface area contributed by atoms with Gasteiger partial charge >= 0.3 is 0 Å². The van der Waals surface area contributed by atoms with Gasteiger partial charge in [0.1, 0.15) is 5.82 Å². The summed E-state index contributed by atoms with van der Waals surface area (Å²) < 4.78 is 14.4. The van der Waals surface area contributed by atoms with E-state index in [0.717, 1.165) is 71.7 Å². The van der Waals surface area contributed by atoms with Crippen molar-refractivity contribution < 1.29 is 14.3 Å². The van der Waals surface area contributed by atoms with Crippen molar-refractivity contribution in [2.75, 3.05) is 31.6 Å². The van der Waals surface area contributed by atoms with Crippen molar-refractivity contribution in [2.24, 2.45) is 5.92 Å². The van der Waals surface area contributed by atoms with Gasteiger partial charge in [0.15, 0.2) is 0 Å². The number of halogens is 1. The topological polar surface area (TPSA) is 67.6 Å². The highest BCUT2D eigenvalue weighted by Crippen LogP contribution is 2.30. The molecule has 1 heterocycles. The highest BCUT2D eigenvalue weighted by Gasteiger charge is 2.31. The molecule has 0 aromatic heterocycles. The second-order valence-corrected chi connectivity index (χ2v) is 7.60. The van der Waals surface area contributed by atoms with Gasteiger partial charge in [-0.3, -0.25) is 4.79 Å². The molecule has 1 atom stereocenters. The van der Waals surface area contributed by atoms with Crippen LogP contribution in [-0.4, -0.2) is 48.7 Å². The molecule has 1 aromatic rings. The van der Waals surface area contributed by atoms with Gasteiger partial charge < -0.3 is 14.9 Å². The third kappa shape index (κ3) is 9.55. The van der Waals surface area contributed by atoms with E-state index in [1.54, 1.807) is 12.1 Å². The Bertz CT molecular complexity index is 678. The summed E-state index contributed by atoms with van der Waals surface area (Å²) in [6, 6.07) is 6.68. The normalized spacial score (nSPS) is 14.8. The minimum absolute atomic E-state index is 0.0463. The molecule has 6 heteroatoms. The summed E-state index contributed by atoms with van der Waals surface area (Å²) in [5, 5.41) is 15.9. The molecule has 1 amide bonds. The predicted molar refractivity (Wildman–Crippen MR) is 138 cm³/mol. The molecule has 33 heavy (non-hydrogen) atoms. The number of aliphatic hydroxyl groups is 1. The van der Waals surface area contributed by atoms with Crippen LogP contribution >= 0.6 is 0 Å². The zero-order chi connectivity index (χ0) is 25.9. The molecule has 1 aliphatic heterocycles. The Morgan fingerprint density at radius 2 is 1.82 bits per heavy atom. The first-order valence-corrected chi connectivity index (χ1v) is 12.1. The average molecular weight is 464 g/mol. The number of nitrogens with zero attached hydrogens (tertiary/aromatic N) is 3. The monoisotopic (exact) mass is 463 g/mol. The molecule has 5 nitrogen and oxygen atoms in total. The van der Waals surface area contributed by atoms with E-state index in [2.05, 4.69) is 38.8 Å². The van der Waals surface area contributed by atoms with Gasteiger partial charge in [0.05, 0.1) is 17.3 Å². The van der Waals surface area contributed by atoms with Crippen LogP contribution in [0.15, 0.2) is 31.4 Å². The minimum atomic E-state index is -0.328. The summed E-state index contributed by atoms with van der Waals surface area (Å²) in [4.78, 5) is 15.8. The number of anilines is 1. The average Bonchev–Trinajstić information content (AvgIpc) is 2.90. The summed E-state index contributed by atoms with van der Waals surface area (Å²) in [7, 11) is 1.00. The lowest BCUT2D eigenvalue weighted by molar-refractivity contribution is -0.125. The molecule has 1 aliphatic rings. The minimum Gasteiger partial charge on any atom is -0.400 e. The van der Waals surface area contributed by atoms with Crippen LogP contribution in [0.3, 0.4) is 0 Å². The van der Waals surface area contributed by atoms with Crippen LogP contribution in [0, 0.1) is 23.1 Å². The molecule has 0 saturated carbocycles. The SMILES string of the molecule is C=C.CC.CCC(CC)(CC)N(C=O)CCC1CCCN(c2ccc(C#N)cc2F)C1.CO. The van der Waals surface area contributed by atoms with Crippen LogP contribution in [-0.2, 0) is 4.79 Å². The number of hydrogen-bond donors (Lipinski definition) is 1. The lowest BCUT2D eigenvalue weighted by Crippen LogP contribution is -2.48. The smallest absolute Gasteiger partial charge is 0.210 e. The van der Waals surface area contributed by atoms with E-state index in [9.17, 15) is 9.18 Å². The zero-order valence-corrected chi connectivity index (χ0v) is 21.7. The molecular formula is C27H46FN3O2. The third-order valence-electron chi connectivity index (χ3n) is 6.43. The number of piperidine rings is 1. The molecule has 0 bridgehead atoms. The largest absolute Gasteiger partial charge is 0.400 e. The van der Waals surface area contributed by atoms with Gasteiger partial charge in [-0.25, -0.2) is 4.39 Å². The number of carbonyl (C=O) groups excluding carboxylic acids is 1. The number of amides is 1. The number of aliphatic hydroxyl groups excluding tert-OH is 1. The van der Waals surface area contributed by atoms with Crippen LogP contribution in [0.5, 0.6) is 0 Å². The maximum Gasteiger partial charge on any atom is 0.210 e. The number of carbonyl (C=O) groups is 1. The van der Waals surface area contributed by atoms with E-state index in [-0.39, 0.29) is 11.4 Å². The van der Waals surface area contributed by atoms with Crippen molar-refractivity contribution >= 4 is 12.1 Å². The Labute approximate surface area is 201 Å². The van der Waals surface area contributed by atoms with Crippen molar-refractivity contribution in [3.05, 3.63) is 42.7 Å². The van der Waals surface area contributed by atoms with Crippen LogP contribution in [0.25, 0.3) is 0 Å². The van der Waals surface area contributed by atoms with E-state index in [0.29, 0.717) is 17.2 Å². The van der Waals surface area contributed by atoms with Crippen molar-refractivity contribution in [1.29, 1.82) is 5.26 Å². The lowest BCUT2D eigenvalue weighted by Gasteiger charge is -2.42. The summed E-state index contributed by atoms with van der Waals surface area (Å²) in [5.41, 5.74) is 0.882. The van der Waals surface area contributed by atoms with Gasteiger partial charge in [0.2, 0.25) is 6.41 Å². The standard InChI is InChI=1S/C22H32FN3O.C2H6.C2H4.CH4O/c1-4-22(5-2,6-3)26(17-27)13-11-18-8-7-12-25(16-18)21-10-9-19(15-24)14-20(21)23;3*1-2/h9-10,14,17-18H,4-8,11-13,16H2,1-3H3;1-2H3;1-2H2;2H,1H3. The molecule has 2 rings (SSSR count). The number of nitriles is 1. The predicted octanol–water partition coefficient (Wildman–Crippen LogP) is 6.17. The number of hydrogen-bond acceptors (Lipinski definition) is 4. The Morgan fingerprint density at radius 1 is 1.24 bits per heavy atom. The summed E-state index contributed by atoms with van der Waals surface area (Å²) in [5.74, 6) is 0.116. The quantitative estimate of drug-likeness (QED) is 0.351. The van der Waals surface area contributed by atoms with E-state index in [4.69, 9.17) is 10.4 Å². The van der Waals surface area contributed by atoms with Crippen molar-refractivity contribution in [1.82, 2.24) is 4.90 Å². The van der Waals surface area contributed by atoms with Crippen LogP contribution < -0.4 is 4.90 Å². The van der Waals surface area contributed by atoms with Gasteiger partial charge in [0, 0.05) is 32.3 Å². The summed E-state index contributed by atoms with van der Waals surface area (Å²) in [6.45, 7) is 18.8. The molecule has 0 radical (unpaired) electrons. The lowest BCUT2D eigenvalue weighted by atomic mass is 9.87. The first kappa shape index (κ1) is 32.8. The first-order valence-electron chi connectivity index (χ1n) is 12.1. The van der Waals surface area contributed by atoms with E-state index in [1.807, 2.05) is 24.8 Å². The fourth-order valence-corrected chi connectivity index (χ4v) is 4.44. The maximum atomic E-state index is 14.4. The molecule has 1 aromatic carbocycles. The third-order valence-corrected chi connectivity index (χ3v) is 6.43. The molecular weight excluding hydrogens is 417 g/mol. The van der Waals surface area contributed by atoms with Crippen molar-refractivity contribution in [3.8, 4) is 6.07 Å². The summed E-state index contributed by atoms with van der Waals surface area (Å²) >= 11 is 0. The Morgan fingerprint density at radius 3 is 2.27 bits per heavy atom. The fourth-order valence-electron chi connectivity index (χ4n) is 4.44. The second-order valence-electron chi connectivity index (χ2n) is 7.60. The molecule has 0 aliphatic carbocycles. The van der Waals surface area contributed by atoms with Crippen molar-refractivity contribution in [3.63, 3.8) is 0 Å². The molecule has 1 fully saturated rings. The molecule has 1 N–H and O–H groups in total. The van der Waals surface area contributed by atoms with Gasteiger partial charge in [0.25, 0.3) is 0 Å². The number of benzene rings is 1. The van der Waals surface area contributed by atoms with Crippen molar-refractivity contribution in [2.45, 2.75) is 78.7 Å². The zero-order valence-electron chi connectivity index (χ0n) is 21.7. The molecule has 188 valence electrons. The van der Waals surface area contributed by atoms with Crippen LogP contribution in [0.2, 0.25) is 0 Å². The van der Waals surface area contributed by atoms with E-state index < -0.39 is 0 Å². The van der Waals surface area contributed by atoms with Gasteiger partial charge in [-0.05, 0) is 62.6 Å². The molecule has 1 saturated heterocycles. The Balaban J connectivity index is 0. The van der Waals surface area contributed by atoms with Gasteiger partial charge in [-0.15, -0.1) is 13.2 Å². The van der Waals surface area contributed by atoms with Crippen LogP contribution in [0.4, 0.5) is 10.1 Å². The van der Waals surface area contributed by atoms with E-state index in [1.165, 1.54) is 6.07 Å². The maximum absolute atomic E-state index is 14.4. The Hall–Kier alpha value is -2.39. The second kappa shape index (κ2) is 19.1. The van der Waals surface area contributed by atoms with Gasteiger partial charge in [-0.2, -0.15) is 5.26 Å².